The molecule has 1 amide bonds. The molecule has 0 aliphatic carbocycles. The molecule has 0 saturated carbocycles. The number of morpholine rings is 1. The Labute approximate surface area is 168 Å². The Hall–Kier alpha value is -2.82. The smallest absolute Gasteiger partial charge is 0.357 e. The van der Waals surface area contributed by atoms with Gasteiger partial charge in [0.25, 0.3) is 5.91 Å². The van der Waals surface area contributed by atoms with Gasteiger partial charge in [0.15, 0.2) is 6.10 Å². The van der Waals surface area contributed by atoms with E-state index in [0.717, 1.165) is 0 Å². The van der Waals surface area contributed by atoms with Crippen LogP contribution in [0.2, 0.25) is 0 Å². The van der Waals surface area contributed by atoms with Crippen LogP contribution in [0, 0.1) is 0 Å². The van der Waals surface area contributed by atoms with E-state index in [2.05, 4.69) is 10.3 Å². The number of sulfonamides is 1. The SMILES string of the molecule is C[C@@H](OC(=O)c1ccccn1)C(=O)Nc1ccc(S(=O)(=O)N2CCOCC2)cc1. The quantitative estimate of drug-likeness (QED) is 0.702. The van der Waals surface area contributed by atoms with E-state index < -0.39 is 28.0 Å². The van der Waals surface area contributed by atoms with Crippen LogP contribution in [0.3, 0.4) is 0 Å². The van der Waals surface area contributed by atoms with Gasteiger partial charge in [0.2, 0.25) is 10.0 Å². The Kier molecular flexibility index (Phi) is 6.57. The van der Waals surface area contributed by atoms with Gasteiger partial charge in [-0.25, -0.2) is 18.2 Å². The minimum absolute atomic E-state index is 0.102. The van der Waals surface area contributed by atoms with Crippen molar-refractivity contribution in [1.82, 2.24) is 9.29 Å². The Bertz CT molecular complexity index is 957. The number of esters is 1. The third-order valence-electron chi connectivity index (χ3n) is 4.26. The molecule has 1 aliphatic heterocycles. The number of nitrogens with zero attached hydrogens (tertiary/aromatic N) is 2. The second-order valence-corrected chi connectivity index (χ2v) is 8.23. The molecule has 0 radical (unpaired) electrons. The van der Waals surface area contributed by atoms with Crippen LogP contribution >= 0.6 is 0 Å². The van der Waals surface area contributed by atoms with Crippen molar-refractivity contribution < 1.29 is 27.5 Å². The number of amides is 1. The Morgan fingerprint density at radius 2 is 1.83 bits per heavy atom. The lowest BCUT2D eigenvalue weighted by Crippen LogP contribution is -2.40. The molecule has 1 N–H and O–H groups in total. The Balaban J connectivity index is 1.60. The molecular weight excluding hydrogens is 398 g/mol. The van der Waals surface area contributed by atoms with Gasteiger partial charge >= 0.3 is 5.97 Å². The number of carbonyl (C=O) groups is 2. The fourth-order valence-electron chi connectivity index (χ4n) is 2.65. The normalized spacial score (nSPS) is 16.0. The first-order chi connectivity index (χ1) is 13.9. The first-order valence-electron chi connectivity index (χ1n) is 8.99. The maximum atomic E-state index is 12.6. The van der Waals surface area contributed by atoms with Gasteiger partial charge in [-0.2, -0.15) is 4.31 Å². The second kappa shape index (κ2) is 9.12. The fourth-order valence-corrected chi connectivity index (χ4v) is 4.06. The molecule has 10 heteroatoms. The number of benzene rings is 1. The molecular formula is C19H21N3O6S. The third-order valence-corrected chi connectivity index (χ3v) is 6.17. The maximum Gasteiger partial charge on any atom is 0.357 e. The number of ether oxygens (including phenoxy) is 2. The Morgan fingerprint density at radius 3 is 2.45 bits per heavy atom. The van der Waals surface area contributed by atoms with E-state index in [1.165, 1.54) is 47.8 Å². The number of hydrogen-bond donors (Lipinski definition) is 1. The van der Waals surface area contributed by atoms with Crippen LogP contribution in [-0.2, 0) is 24.3 Å². The van der Waals surface area contributed by atoms with Crippen molar-refractivity contribution in [2.75, 3.05) is 31.6 Å². The van der Waals surface area contributed by atoms with Crippen molar-refractivity contribution in [1.29, 1.82) is 0 Å². The van der Waals surface area contributed by atoms with Crippen LogP contribution < -0.4 is 5.32 Å². The van der Waals surface area contributed by atoms with Gasteiger partial charge in [0, 0.05) is 25.0 Å². The number of pyridine rings is 1. The summed E-state index contributed by atoms with van der Waals surface area (Å²) >= 11 is 0. The monoisotopic (exact) mass is 419 g/mol. The first-order valence-corrected chi connectivity index (χ1v) is 10.4. The average Bonchev–Trinajstić information content (AvgIpc) is 2.75. The van der Waals surface area contributed by atoms with Crippen LogP contribution in [0.25, 0.3) is 0 Å². The van der Waals surface area contributed by atoms with Crippen LogP contribution in [0.5, 0.6) is 0 Å². The molecule has 0 unspecified atom stereocenters. The summed E-state index contributed by atoms with van der Waals surface area (Å²) in [7, 11) is -3.61. The largest absolute Gasteiger partial charge is 0.448 e. The van der Waals surface area contributed by atoms with E-state index in [0.29, 0.717) is 32.0 Å². The van der Waals surface area contributed by atoms with Gasteiger partial charge in [0.05, 0.1) is 18.1 Å². The van der Waals surface area contributed by atoms with E-state index in [1.807, 2.05) is 0 Å². The lowest BCUT2D eigenvalue weighted by molar-refractivity contribution is -0.123. The summed E-state index contributed by atoms with van der Waals surface area (Å²) in [6.45, 7) is 2.78. The number of aromatic nitrogens is 1. The predicted octanol–water partition coefficient (Wildman–Crippen LogP) is 1.29. The van der Waals surface area contributed by atoms with Crippen LogP contribution in [0.4, 0.5) is 5.69 Å². The van der Waals surface area contributed by atoms with Crippen molar-refractivity contribution in [3.63, 3.8) is 0 Å². The molecule has 2 heterocycles. The van der Waals surface area contributed by atoms with E-state index >= 15 is 0 Å². The van der Waals surface area contributed by atoms with Gasteiger partial charge in [-0.15, -0.1) is 0 Å². The topological polar surface area (TPSA) is 115 Å². The van der Waals surface area contributed by atoms with Crippen molar-refractivity contribution in [3.05, 3.63) is 54.4 Å². The zero-order valence-electron chi connectivity index (χ0n) is 15.8. The lowest BCUT2D eigenvalue weighted by atomic mass is 10.3. The number of nitrogens with one attached hydrogen (secondary N) is 1. The molecule has 0 bridgehead atoms. The molecule has 1 aliphatic rings. The van der Waals surface area contributed by atoms with Crippen molar-refractivity contribution in [2.24, 2.45) is 0 Å². The highest BCUT2D eigenvalue weighted by atomic mass is 32.2. The summed E-state index contributed by atoms with van der Waals surface area (Å²) < 4.78 is 36.9. The maximum absolute atomic E-state index is 12.6. The minimum Gasteiger partial charge on any atom is -0.448 e. The van der Waals surface area contributed by atoms with Gasteiger partial charge in [0.1, 0.15) is 5.69 Å². The average molecular weight is 419 g/mol. The van der Waals surface area contributed by atoms with Crippen molar-refractivity contribution in [2.45, 2.75) is 17.9 Å². The van der Waals surface area contributed by atoms with Gasteiger partial charge in [-0.1, -0.05) is 6.07 Å². The van der Waals surface area contributed by atoms with Crippen molar-refractivity contribution >= 4 is 27.6 Å². The highest BCUT2D eigenvalue weighted by Crippen LogP contribution is 2.19. The fraction of sp³-hybridized carbons (Fsp3) is 0.316. The zero-order chi connectivity index (χ0) is 20.9. The number of anilines is 1. The molecule has 3 rings (SSSR count). The molecule has 1 aromatic carbocycles. The third kappa shape index (κ3) is 5.17. The first kappa shape index (κ1) is 20.9. The zero-order valence-corrected chi connectivity index (χ0v) is 16.6. The molecule has 1 fully saturated rings. The molecule has 9 nitrogen and oxygen atoms in total. The molecule has 1 aromatic heterocycles. The minimum atomic E-state index is -3.61. The number of carbonyl (C=O) groups excluding carboxylic acids is 2. The Morgan fingerprint density at radius 1 is 1.14 bits per heavy atom. The number of rotatable bonds is 6. The van der Waals surface area contributed by atoms with Crippen LogP contribution in [0.15, 0.2) is 53.6 Å². The van der Waals surface area contributed by atoms with Crippen LogP contribution in [0.1, 0.15) is 17.4 Å². The molecule has 154 valence electrons. The highest BCUT2D eigenvalue weighted by Gasteiger charge is 2.26. The summed E-state index contributed by atoms with van der Waals surface area (Å²) in [6.07, 6.45) is 0.398. The van der Waals surface area contributed by atoms with Crippen LogP contribution in [-0.4, -0.2) is 62.0 Å². The summed E-state index contributed by atoms with van der Waals surface area (Å²) in [6, 6.07) is 10.6. The molecule has 29 heavy (non-hydrogen) atoms. The molecule has 0 spiro atoms. The van der Waals surface area contributed by atoms with Crippen molar-refractivity contribution in [3.8, 4) is 0 Å². The van der Waals surface area contributed by atoms with Gasteiger partial charge in [-0.05, 0) is 43.3 Å². The van der Waals surface area contributed by atoms with E-state index in [-0.39, 0.29) is 10.6 Å². The van der Waals surface area contributed by atoms with E-state index in [9.17, 15) is 18.0 Å². The van der Waals surface area contributed by atoms with Gasteiger partial charge < -0.3 is 14.8 Å². The highest BCUT2D eigenvalue weighted by molar-refractivity contribution is 7.89. The molecule has 1 atom stereocenters. The second-order valence-electron chi connectivity index (χ2n) is 6.29. The summed E-state index contributed by atoms with van der Waals surface area (Å²) in [5.74, 6) is -1.25. The lowest BCUT2D eigenvalue weighted by Gasteiger charge is -2.26. The molecule has 1 saturated heterocycles. The predicted molar refractivity (Wildman–Crippen MR) is 104 cm³/mol. The van der Waals surface area contributed by atoms with E-state index in [1.54, 1.807) is 12.1 Å². The standard InChI is InChI=1S/C19H21N3O6S/c1-14(28-19(24)17-4-2-3-9-20-17)18(23)21-15-5-7-16(8-6-15)29(25,26)22-10-12-27-13-11-22/h2-9,14H,10-13H2,1H3,(H,21,23)/t14-/m1/s1. The van der Waals surface area contributed by atoms with Gasteiger partial charge in [-0.3, -0.25) is 4.79 Å². The van der Waals surface area contributed by atoms with E-state index in [4.69, 9.17) is 9.47 Å². The summed E-state index contributed by atoms with van der Waals surface area (Å²) in [4.78, 5) is 28.2. The molecule has 2 aromatic rings. The number of hydrogen-bond acceptors (Lipinski definition) is 7. The summed E-state index contributed by atoms with van der Waals surface area (Å²) in [5.41, 5.74) is 0.487. The summed E-state index contributed by atoms with van der Waals surface area (Å²) in [5, 5.41) is 2.59.